The van der Waals surface area contributed by atoms with Gasteiger partial charge < -0.3 is 9.84 Å². The van der Waals surface area contributed by atoms with E-state index in [-0.39, 0.29) is 22.8 Å². The highest BCUT2D eigenvalue weighted by molar-refractivity contribution is 6.05. The summed E-state index contributed by atoms with van der Waals surface area (Å²) in [6.07, 6.45) is 0. The van der Waals surface area contributed by atoms with Crippen LogP contribution in [0.25, 0.3) is 22.2 Å². The molecule has 0 aliphatic rings. The van der Waals surface area contributed by atoms with Gasteiger partial charge in [-0.25, -0.2) is 4.39 Å². The van der Waals surface area contributed by atoms with Crippen LogP contribution in [0.3, 0.4) is 0 Å². The number of aromatic hydroxyl groups is 1. The lowest BCUT2D eigenvalue weighted by atomic mass is 10.1. The smallest absolute Gasteiger partial charge is 0.228 e. The topological polar surface area (TPSA) is 51.5 Å². The second-order valence-electron chi connectivity index (χ2n) is 4.89. The van der Waals surface area contributed by atoms with Crippen LogP contribution in [0, 0.1) is 5.82 Å². The molecule has 2 aromatic carbocycles. The summed E-state index contributed by atoms with van der Waals surface area (Å²) in [6, 6.07) is 11.7. The van der Waals surface area contributed by atoms with Crippen LogP contribution in [-0.4, -0.2) is 22.7 Å². The van der Waals surface area contributed by atoms with Crippen molar-refractivity contribution in [2.75, 3.05) is 7.11 Å². The van der Waals surface area contributed by atoms with Gasteiger partial charge in [-0.2, -0.15) is 0 Å². The number of hydrogen-bond acceptors (Lipinski definition) is 3. The molecular weight excluding hydrogens is 285 g/mol. The maximum atomic E-state index is 13.9. The summed E-state index contributed by atoms with van der Waals surface area (Å²) in [5, 5.41) is 10.8. The summed E-state index contributed by atoms with van der Waals surface area (Å²) in [5.74, 6) is -1.12. The lowest BCUT2D eigenvalue weighted by Crippen LogP contribution is -2.07. The van der Waals surface area contributed by atoms with Gasteiger partial charge in [0, 0.05) is 12.5 Å². The highest BCUT2D eigenvalue weighted by atomic mass is 19.1. The Balaban J connectivity index is 2.50. The molecule has 4 nitrogen and oxygen atoms in total. The first-order valence-corrected chi connectivity index (χ1v) is 6.72. The number of aromatic nitrogens is 1. The Morgan fingerprint density at radius 3 is 2.45 bits per heavy atom. The van der Waals surface area contributed by atoms with Crippen LogP contribution in [-0.2, 0) is 0 Å². The van der Waals surface area contributed by atoms with E-state index in [1.807, 2.05) is 6.07 Å². The van der Waals surface area contributed by atoms with Crippen molar-refractivity contribution in [3.8, 4) is 22.8 Å². The summed E-state index contributed by atoms with van der Waals surface area (Å²) in [5.41, 5.74) is 1.39. The predicted octanol–water partition coefficient (Wildman–Crippen LogP) is 3.82. The monoisotopic (exact) mass is 299 g/mol. The van der Waals surface area contributed by atoms with Crippen LogP contribution in [0.15, 0.2) is 42.5 Å². The molecule has 1 heterocycles. The zero-order chi connectivity index (χ0) is 15.9. The number of fused-ring (bicyclic) bond motifs is 1. The van der Waals surface area contributed by atoms with E-state index in [0.717, 1.165) is 0 Å². The Kier molecular flexibility index (Phi) is 3.33. The number of nitrogens with zero attached hydrogens (tertiary/aromatic N) is 1. The van der Waals surface area contributed by atoms with E-state index in [1.54, 1.807) is 24.3 Å². The Morgan fingerprint density at radius 1 is 1.18 bits per heavy atom. The van der Waals surface area contributed by atoms with Crippen LogP contribution in [0.5, 0.6) is 11.5 Å². The number of rotatable bonds is 2. The molecule has 0 fully saturated rings. The number of benzene rings is 2. The molecule has 0 saturated carbocycles. The van der Waals surface area contributed by atoms with Gasteiger partial charge in [-0.05, 0) is 12.1 Å². The number of halogens is 1. The van der Waals surface area contributed by atoms with Crippen molar-refractivity contribution < 1.29 is 19.0 Å². The molecule has 3 rings (SSSR count). The van der Waals surface area contributed by atoms with Gasteiger partial charge in [-0.1, -0.05) is 30.3 Å². The lowest BCUT2D eigenvalue weighted by molar-refractivity contribution is 0.0943. The Labute approximate surface area is 126 Å². The molecule has 0 saturated heterocycles. The average molecular weight is 299 g/mol. The largest absolute Gasteiger partial charge is 0.505 e. The zero-order valence-corrected chi connectivity index (χ0v) is 12.1. The van der Waals surface area contributed by atoms with E-state index in [1.165, 1.54) is 30.7 Å². The lowest BCUT2D eigenvalue weighted by Gasteiger charge is -2.07. The van der Waals surface area contributed by atoms with Crippen LogP contribution >= 0.6 is 0 Å². The SMILES string of the molecule is COc1c(F)ccc2c1c(O)c(-c1ccccc1)n2C(C)=O. The molecule has 0 atom stereocenters. The highest BCUT2D eigenvalue weighted by Crippen LogP contribution is 2.44. The molecule has 0 unspecified atom stereocenters. The van der Waals surface area contributed by atoms with E-state index < -0.39 is 5.82 Å². The maximum Gasteiger partial charge on any atom is 0.228 e. The third kappa shape index (κ3) is 1.94. The summed E-state index contributed by atoms with van der Waals surface area (Å²) in [6.45, 7) is 1.39. The molecule has 112 valence electrons. The molecule has 0 aliphatic carbocycles. The van der Waals surface area contributed by atoms with Crippen LogP contribution in [0.2, 0.25) is 0 Å². The number of methoxy groups -OCH3 is 1. The quantitative estimate of drug-likeness (QED) is 0.782. The van der Waals surface area contributed by atoms with Gasteiger partial charge in [0.1, 0.15) is 0 Å². The molecule has 22 heavy (non-hydrogen) atoms. The minimum Gasteiger partial charge on any atom is -0.505 e. The molecule has 0 aliphatic heterocycles. The van der Waals surface area contributed by atoms with Crippen LogP contribution < -0.4 is 4.74 Å². The first-order valence-electron chi connectivity index (χ1n) is 6.72. The van der Waals surface area contributed by atoms with Gasteiger partial charge in [0.05, 0.1) is 23.7 Å². The minimum atomic E-state index is -0.592. The molecule has 0 spiro atoms. The fourth-order valence-corrected chi connectivity index (χ4v) is 2.70. The van der Waals surface area contributed by atoms with E-state index >= 15 is 0 Å². The number of hydrogen-bond donors (Lipinski definition) is 1. The standard InChI is InChI=1S/C17H14FNO3/c1-10(20)19-13-9-8-12(18)17(22-2)14(13)16(21)15(19)11-6-4-3-5-7-11/h3-9,21H,1-2H3. The molecule has 1 N–H and O–H groups in total. The predicted molar refractivity (Wildman–Crippen MR) is 81.8 cm³/mol. The van der Waals surface area contributed by atoms with Crippen molar-refractivity contribution in [1.29, 1.82) is 0 Å². The summed E-state index contributed by atoms with van der Waals surface area (Å²) in [4.78, 5) is 12.1. The van der Waals surface area contributed by atoms with Crippen molar-refractivity contribution in [1.82, 2.24) is 4.57 Å². The third-order valence-electron chi connectivity index (χ3n) is 3.58. The van der Waals surface area contributed by atoms with Crippen molar-refractivity contribution in [3.63, 3.8) is 0 Å². The van der Waals surface area contributed by atoms with Gasteiger partial charge in [-0.3, -0.25) is 9.36 Å². The number of carbonyl (C=O) groups is 1. The van der Waals surface area contributed by atoms with Gasteiger partial charge in [0.25, 0.3) is 0 Å². The third-order valence-corrected chi connectivity index (χ3v) is 3.58. The van der Waals surface area contributed by atoms with Crippen LogP contribution in [0.1, 0.15) is 11.7 Å². The minimum absolute atomic E-state index is 0.0767. The van der Waals surface area contributed by atoms with Gasteiger partial charge >= 0.3 is 0 Å². The van der Waals surface area contributed by atoms with Crippen molar-refractivity contribution >= 4 is 16.8 Å². The Bertz CT molecular complexity index is 869. The summed E-state index contributed by atoms with van der Waals surface area (Å²) in [7, 11) is 1.32. The number of carbonyl (C=O) groups excluding carboxylic acids is 1. The average Bonchev–Trinajstić information content (AvgIpc) is 2.81. The van der Waals surface area contributed by atoms with E-state index in [0.29, 0.717) is 16.8 Å². The first kappa shape index (κ1) is 14.1. The molecular formula is C17H14FNO3. The Morgan fingerprint density at radius 2 is 1.86 bits per heavy atom. The molecule has 0 amide bonds. The maximum absolute atomic E-state index is 13.9. The molecule has 0 bridgehead atoms. The molecule has 5 heteroatoms. The summed E-state index contributed by atoms with van der Waals surface area (Å²) >= 11 is 0. The first-order chi connectivity index (χ1) is 10.6. The zero-order valence-electron chi connectivity index (χ0n) is 12.1. The fraction of sp³-hybridized carbons (Fsp3) is 0.118. The van der Waals surface area contributed by atoms with E-state index in [2.05, 4.69) is 0 Å². The van der Waals surface area contributed by atoms with E-state index in [9.17, 15) is 14.3 Å². The number of ether oxygens (including phenoxy) is 1. The van der Waals surface area contributed by atoms with Crippen molar-refractivity contribution in [2.45, 2.75) is 6.92 Å². The van der Waals surface area contributed by atoms with Gasteiger partial charge in [0.2, 0.25) is 5.91 Å². The molecule has 1 aromatic heterocycles. The molecule has 0 radical (unpaired) electrons. The molecule has 3 aromatic rings. The van der Waals surface area contributed by atoms with Crippen LogP contribution in [0.4, 0.5) is 4.39 Å². The second kappa shape index (κ2) is 5.18. The van der Waals surface area contributed by atoms with E-state index in [4.69, 9.17) is 4.74 Å². The van der Waals surface area contributed by atoms with Crippen molar-refractivity contribution in [2.24, 2.45) is 0 Å². The normalized spacial score (nSPS) is 10.9. The second-order valence-corrected chi connectivity index (χ2v) is 4.89. The highest BCUT2D eigenvalue weighted by Gasteiger charge is 2.24. The van der Waals surface area contributed by atoms with Gasteiger partial charge in [-0.15, -0.1) is 0 Å². The Hall–Kier alpha value is -2.82. The fourth-order valence-electron chi connectivity index (χ4n) is 2.70. The van der Waals surface area contributed by atoms with Gasteiger partial charge in [0.15, 0.2) is 17.3 Å². The van der Waals surface area contributed by atoms with Crippen molar-refractivity contribution in [3.05, 3.63) is 48.3 Å². The summed E-state index contributed by atoms with van der Waals surface area (Å²) < 4.78 is 20.3.